The quantitative estimate of drug-likeness (QED) is 0.113. The van der Waals surface area contributed by atoms with Crippen LogP contribution in [0, 0.1) is 23.7 Å². The Balaban J connectivity index is 1.13. The Kier molecular flexibility index (Phi) is 18.0. The first-order chi connectivity index (χ1) is 32.4. The van der Waals surface area contributed by atoms with Crippen LogP contribution in [0.5, 0.6) is 0 Å². The van der Waals surface area contributed by atoms with Crippen molar-refractivity contribution in [2.75, 3.05) is 33.1 Å². The molecule has 1 aliphatic carbocycles. The van der Waals surface area contributed by atoms with E-state index in [-0.39, 0.29) is 66.0 Å². The fraction of sp³-hybridized carbons (Fsp3) is 0.769. The second-order valence-corrected chi connectivity index (χ2v) is 21.6. The van der Waals surface area contributed by atoms with E-state index in [1.54, 1.807) is 45.1 Å². The van der Waals surface area contributed by atoms with E-state index in [2.05, 4.69) is 52.1 Å². The summed E-state index contributed by atoms with van der Waals surface area (Å²) in [5.74, 6) is -1.89. The fourth-order valence-corrected chi connectivity index (χ4v) is 12.5. The number of carbonyl (C=O) groups excluding carboxylic acids is 2. The topological polar surface area (TPSA) is 179 Å². The molecule has 0 radical (unpaired) electrons. The van der Waals surface area contributed by atoms with Gasteiger partial charge < -0.3 is 62.9 Å². The highest BCUT2D eigenvalue weighted by Crippen LogP contribution is 2.47. The normalized spacial score (nSPS) is 45.8. The van der Waals surface area contributed by atoms with Gasteiger partial charge in [0.05, 0.1) is 54.6 Å². The average molecular weight is 974 g/mol. The lowest BCUT2D eigenvalue weighted by molar-refractivity contribution is -0.309. The third-order valence-corrected chi connectivity index (χ3v) is 16.8. The van der Waals surface area contributed by atoms with E-state index in [1.807, 2.05) is 32.1 Å². The van der Waals surface area contributed by atoms with Crippen LogP contribution in [0.4, 0.5) is 0 Å². The maximum absolute atomic E-state index is 14.4. The lowest BCUT2D eigenvalue weighted by atomic mass is 9.71. The van der Waals surface area contributed by atoms with Gasteiger partial charge in [0.1, 0.15) is 35.9 Å². The maximum atomic E-state index is 14.4. The molecule has 16 heteroatoms. The van der Waals surface area contributed by atoms with E-state index in [1.165, 1.54) is 6.92 Å². The number of nitrogens with one attached hydrogen (secondary N) is 1. The van der Waals surface area contributed by atoms with Crippen LogP contribution < -0.4 is 5.32 Å². The smallest absolute Gasteiger partial charge is 0.316 e. The average Bonchev–Trinajstić information content (AvgIpc) is 3.64. The van der Waals surface area contributed by atoms with Gasteiger partial charge in [0.15, 0.2) is 18.4 Å². The van der Waals surface area contributed by atoms with Crippen molar-refractivity contribution < 1.29 is 67.2 Å². The summed E-state index contributed by atoms with van der Waals surface area (Å²) in [6, 6.07) is 0. The standard InChI is InChI=1S/C52H79NO14S/c1-12-28(2)46-31(5)18-19-51(67-46)26-38-23-37(66-51)17-16-30(4)45(29(3)14-13-15-36-27-60-49-44(55)32(6)22-39(50(56)63-38)52(36,49)57)64-42-24-40(58-10)47(33(7)61-42)65-43-25-41(59-11)48(34(8)62-43)68-21-20-53-35(9)54/h13-16,18-19,22,28-29,31,33-34,37-49,55,57H,12,17,20-21,23-27H2,1-11H3,(H,53,54)/b14-13+,30-16+,36-15+/t28?,29-,31-,33-,34-,37+,38-,39-,40-,41-,42-,43-,44+,45-,46+,47-,48+,49+,51+,52+/m0/s1. The summed E-state index contributed by atoms with van der Waals surface area (Å²) in [6.45, 7) is 18.5. The number of fused-ring (bicyclic) bond motifs is 2. The number of allylic oxidation sites excluding steroid dienone is 2. The summed E-state index contributed by atoms with van der Waals surface area (Å²) in [7, 11) is 3.38. The summed E-state index contributed by atoms with van der Waals surface area (Å²) >= 11 is 1.72. The zero-order valence-corrected chi connectivity index (χ0v) is 42.8. The van der Waals surface area contributed by atoms with Crippen LogP contribution in [0.1, 0.15) is 101 Å². The summed E-state index contributed by atoms with van der Waals surface area (Å²) in [4.78, 5) is 25.8. The molecule has 382 valence electrons. The number of ether oxygens (including phenoxy) is 10. The first-order valence-corrected chi connectivity index (χ1v) is 26.0. The number of methoxy groups -OCH3 is 2. The van der Waals surface area contributed by atoms with Gasteiger partial charge in [-0.3, -0.25) is 9.59 Å². The summed E-state index contributed by atoms with van der Waals surface area (Å²) in [5.41, 5.74) is 0.137. The molecule has 7 rings (SSSR count). The molecule has 1 spiro atoms. The van der Waals surface area contributed by atoms with Crippen LogP contribution >= 0.6 is 11.8 Å². The molecule has 0 aromatic rings. The van der Waals surface area contributed by atoms with E-state index in [9.17, 15) is 19.8 Å². The highest BCUT2D eigenvalue weighted by Gasteiger charge is 2.60. The Bertz CT molecular complexity index is 1910. The molecule has 6 heterocycles. The summed E-state index contributed by atoms with van der Waals surface area (Å²) in [6.07, 6.45) is 10.2. The van der Waals surface area contributed by atoms with Crippen molar-refractivity contribution >= 4 is 23.6 Å². The Morgan fingerprint density at radius 2 is 1.68 bits per heavy atom. The molecule has 4 fully saturated rings. The minimum Gasteiger partial charge on any atom is -0.462 e. The molecule has 1 unspecified atom stereocenters. The largest absolute Gasteiger partial charge is 0.462 e. The summed E-state index contributed by atoms with van der Waals surface area (Å²) < 4.78 is 65.1. The van der Waals surface area contributed by atoms with Crippen LogP contribution in [-0.4, -0.2) is 152 Å². The van der Waals surface area contributed by atoms with Crippen molar-refractivity contribution in [2.45, 2.75) is 197 Å². The van der Waals surface area contributed by atoms with E-state index in [0.29, 0.717) is 49.8 Å². The van der Waals surface area contributed by atoms with E-state index in [0.717, 1.165) is 17.7 Å². The minimum absolute atomic E-state index is 0.0306. The van der Waals surface area contributed by atoms with Crippen molar-refractivity contribution in [3.05, 3.63) is 59.3 Å². The van der Waals surface area contributed by atoms with Crippen molar-refractivity contribution in [3.63, 3.8) is 0 Å². The monoisotopic (exact) mass is 974 g/mol. The predicted molar refractivity (Wildman–Crippen MR) is 256 cm³/mol. The molecular formula is C52H79NO14S. The number of thioether (sulfide) groups is 1. The van der Waals surface area contributed by atoms with Gasteiger partial charge in [0, 0.05) is 71.0 Å². The Morgan fingerprint density at radius 3 is 2.40 bits per heavy atom. The molecule has 0 aromatic carbocycles. The van der Waals surface area contributed by atoms with Gasteiger partial charge in [-0.1, -0.05) is 70.6 Å². The third-order valence-electron chi connectivity index (χ3n) is 15.3. The van der Waals surface area contributed by atoms with Gasteiger partial charge in [-0.15, -0.1) is 0 Å². The number of carbonyl (C=O) groups is 2. The molecule has 15 nitrogen and oxygen atoms in total. The van der Waals surface area contributed by atoms with E-state index >= 15 is 0 Å². The number of amides is 1. The Morgan fingerprint density at radius 1 is 0.956 bits per heavy atom. The number of rotatable bonds is 12. The molecule has 0 aromatic heterocycles. The number of aliphatic hydroxyl groups is 2. The van der Waals surface area contributed by atoms with Gasteiger partial charge in [0.2, 0.25) is 5.91 Å². The summed E-state index contributed by atoms with van der Waals surface area (Å²) in [5, 5.41) is 26.7. The number of esters is 1. The molecule has 3 N–H and O–H groups in total. The second kappa shape index (κ2) is 23.0. The number of aliphatic hydroxyl groups excluding tert-OH is 1. The molecular weight excluding hydrogens is 895 g/mol. The number of hydrogen-bond acceptors (Lipinski definition) is 15. The molecule has 6 aliphatic heterocycles. The molecule has 20 atom stereocenters. The van der Waals surface area contributed by atoms with Crippen molar-refractivity contribution in [1.82, 2.24) is 5.32 Å². The second-order valence-electron chi connectivity index (χ2n) is 20.3. The van der Waals surface area contributed by atoms with Gasteiger partial charge in [0.25, 0.3) is 0 Å². The first-order valence-electron chi connectivity index (χ1n) is 24.9. The van der Waals surface area contributed by atoms with Gasteiger partial charge in [-0.25, -0.2) is 0 Å². The van der Waals surface area contributed by atoms with Crippen LogP contribution in [0.15, 0.2) is 59.3 Å². The zero-order valence-electron chi connectivity index (χ0n) is 42.0. The van der Waals surface area contributed by atoms with Gasteiger partial charge in [-0.05, 0) is 62.8 Å². The Hall–Kier alpha value is -2.45. The third kappa shape index (κ3) is 11.7. The molecule has 1 amide bonds. The maximum Gasteiger partial charge on any atom is 0.316 e. The molecule has 2 bridgehead atoms. The van der Waals surface area contributed by atoms with Crippen LogP contribution in [0.3, 0.4) is 0 Å². The van der Waals surface area contributed by atoms with Gasteiger partial charge in [-0.2, -0.15) is 11.8 Å². The highest BCUT2D eigenvalue weighted by atomic mass is 32.2. The first kappa shape index (κ1) is 53.4. The van der Waals surface area contributed by atoms with E-state index in [4.69, 9.17) is 47.4 Å². The minimum atomic E-state index is -1.84. The van der Waals surface area contributed by atoms with Crippen LogP contribution in [-0.2, 0) is 57.0 Å². The molecule has 0 saturated carbocycles. The van der Waals surface area contributed by atoms with Crippen molar-refractivity contribution in [3.8, 4) is 0 Å². The molecule has 4 saturated heterocycles. The van der Waals surface area contributed by atoms with E-state index < -0.39 is 72.5 Å². The van der Waals surface area contributed by atoms with Crippen LogP contribution in [0.2, 0.25) is 0 Å². The van der Waals surface area contributed by atoms with Crippen molar-refractivity contribution in [2.24, 2.45) is 23.7 Å². The zero-order chi connectivity index (χ0) is 49.1. The SMILES string of the molecule is CCC(C)[C@H]1O[C@]2(C=C[C@@H]1C)C[C@@H]1C[C@@H](C/C=C(\C)[C@@H](O[C@H]3C[C@H](OC)[C@@H](O[C@H]4C[C@H](OC)[C@H](SCCNC(C)=O)[C@H](C)O4)[C@H](C)O3)[C@@H](C)/C=C/C=C3\CO[C@@H]4[C@H](O)C(C)=C[C@@H](C(=O)O1)[C@]34O)O2. The highest BCUT2D eigenvalue weighted by molar-refractivity contribution is 8.00. The van der Waals surface area contributed by atoms with Crippen molar-refractivity contribution in [1.29, 1.82) is 0 Å². The number of hydrogen-bond donors (Lipinski definition) is 3. The Labute approximate surface area is 408 Å². The molecule has 7 aliphatic rings. The molecule has 68 heavy (non-hydrogen) atoms. The predicted octanol–water partition coefficient (Wildman–Crippen LogP) is 6.25. The fourth-order valence-electron chi connectivity index (χ4n) is 11.2. The lowest BCUT2D eigenvalue weighted by Crippen LogP contribution is -2.58. The lowest BCUT2D eigenvalue weighted by Gasteiger charge is -2.48. The van der Waals surface area contributed by atoms with Gasteiger partial charge >= 0.3 is 5.97 Å². The van der Waals surface area contributed by atoms with Crippen LogP contribution in [0.25, 0.3) is 0 Å².